The van der Waals surface area contributed by atoms with Crippen LogP contribution in [0, 0.1) is 11.8 Å². The van der Waals surface area contributed by atoms with Gasteiger partial charge in [-0.05, 0) is 25.2 Å². The zero-order valence-electron chi connectivity index (χ0n) is 13.7. The molecule has 0 spiro atoms. The molecule has 1 aliphatic carbocycles. The van der Waals surface area contributed by atoms with Crippen molar-refractivity contribution >= 4 is 17.2 Å². The number of likely N-dealkylation sites (tertiary alicyclic amines) is 1. The van der Waals surface area contributed by atoms with E-state index in [0.29, 0.717) is 37.0 Å². The summed E-state index contributed by atoms with van der Waals surface area (Å²) in [7, 11) is 0. The Kier molecular flexibility index (Phi) is 4.29. The third-order valence-electron chi connectivity index (χ3n) is 5.46. The van der Waals surface area contributed by atoms with E-state index in [0.717, 1.165) is 17.8 Å². The first-order valence-electron chi connectivity index (χ1n) is 8.39. The molecule has 1 amide bonds. The lowest BCUT2D eigenvalue weighted by atomic mass is 9.65. The number of carbonyl (C=O) groups is 1. The van der Waals surface area contributed by atoms with Gasteiger partial charge in [0.2, 0.25) is 0 Å². The molecule has 3 rings (SSSR count). The van der Waals surface area contributed by atoms with Crippen LogP contribution in [-0.4, -0.2) is 39.6 Å². The largest absolute Gasteiger partial charge is 0.389 e. The molecule has 22 heavy (non-hydrogen) atoms. The maximum atomic E-state index is 12.6. The zero-order chi connectivity index (χ0) is 15.9. The average Bonchev–Trinajstić information content (AvgIpc) is 2.89. The van der Waals surface area contributed by atoms with Crippen LogP contribution in [0.2, 0.25) is 0 Å². The molecule has 1 aromatic heterocycles. The SMILES string of the molecule is CC(C)c1nc(C(=O)N2CC[C@@](O)(C3CCC3)[C@H](C)C2)cs1. The van der Waals surface area contributed by atoms with Crippen molar-refractivity contribution in [3.63, 3.8) is 0 Å². The predicted octanol–water partition coefficient (Wildman–Crippen LogP) is 3.28. The van der Waals surface area contributed by atoms with E-state index in [1.807, 2.05) is 10.3 Å². The summed E-state index contributed by atoms with van der Waals surface area (Å²) in [5.74, 6) is 0.950. The maximum Gasteiger partial charge on any atom is 0.273 e. The summed E-state index contributed by atoms with van der Waals surface area (Å²) in [6.07, 6.45) is 4.21. The van der Waals surface area contributed by atoms with Crippen LogP contribution in [0.4, 0.5) is 0 Å². The van der Waals surface area contributed by atoms with Crippen molar-refractivity contribution in [2.45, 2.75) is 58.0 Å². The van der Waals surface area contributed by atoms with Gasteiger partial charge in [-0.3, -0.25) is 4.79 Å². The van der Waals surface area contributed by atoms with Crippen molar-refractivity contribution in [2.75, 3.05) is 13.1 Å². The van der Waals surface area contributed by atoms with Crippen LogP contribution < -0.4 is 0 Å². The minimum atomic E-state index is -0.569. The van der Waals surface area contributed by atoms with Crippen molar-refractivity contribution < 1.29 is 9.90 Å². The van der Waals surface area contributed by atoms with Crippen molar-refractivity contribution in [3.8, 4) is 0 Å². The number of aliphatic hydroxyl groups is 1. The highest BCUT2D eigenvalue weighted by Crippen LogP contribution is 2.44. The fourth-order valence-corrected chi connectivity index (χ4v) is 4.46. The van der Waals surface area contributed by atoms with Gasteiger partial charge in [0.25, 0.3) is 5.91 Å². The summed E-state index contributed by atoms with van der Waals surface area (Å²) in [5, 5.41) is 13.8. The zero-order valence-corrected chi connectivity index (χ0v) is 14.5. The van der Waals surface area contributed by atoms with E-state index in [4.69, 9.17) is 0 Å². The molecule has 1 aliphatic heterocycles. The van der Waals surface area contributed by atoms with Gasteiger partial charge in [-0.25, -0.2) is 4.98 Å². The predicted molar refractivity (Wildman–Crippen MR) is 88.2 cm³/mol. The summed E-state index contributed by atoms with van der Waals surface area (Å²) in [6.45, 7) is 7.55. The minimum Gasteiger partial charge on any atom is -0.389 e. The minimum absolute atomic E-state index is 0.0191. The number of aromatic nitrogens is 1. The van der Waals surface area contributed by atoms with Gasteiger partial charge in [0.05, 0.1) is 10.6 Å². The van der Waals surface area contributed by atoms with Crippen LogP contribution in [0.25, 0.3) is 0 Å². The molecule has 1 aromatic rings. The molecule has 1 saturated heterocycles. The van der Waals surface area contributed by atoms with E-state index in [1.54, 1.807) is 11.3 Å². The van der Waals surface area contributed by atoms with Crippen LogP contribution in [-0.2, 0) is 0 Å². The molecule has 0 unspecified atom stereocenters. The molecule has 1 N–H and O–H groups in total. The molecule has 0 radical (unpaired) electrons. The Balaban J connectivity index is 1.67. The number of piperidine rings is 1. The highest BCUT2D eigenvalue weighted by atomic mass is 32.1. The standard InChI is InChI=1S/C17H26N2O2S/c1-11(2)15-18-14(10-22-15)16(20)19-8-7-17(21,12(3)9-19)13-5-4-6-13/h10-13,21H,4-9H2,1-3H3/t12-,17+/m1/s1. The fraction of sp³-hybridized carbons (Fsp3) is 0.765. The topological polar surface area (TPSA) is 53.4 Å². The number of thiazole rings is 1. The van der Waals surface area contributed by atoms with E-state index in [9.17, 15) is 9.90 Å². The number of hydrogen-bond donors (Lipinski definition) is 1. The van der Waals surface area contributed by atoms with E-state index in [-0.39, 0.29) is 11.8 Å². The first-order chi connectivity index (χ1) is 10.4. The van der Waals surface area contributed by atoms with Gasteiger partial charge in [0.1, 0.15) is 5.69 Å². The van der Waals surface area contributed by atoms with Crippen molar-refractivity contribution in [1.29, 1.82) is 0 Å². The van der Waals surface area contributed by atoms with E-state index < -0.39 is 5.60 Å². The van der Waals surface area contributed by atoms with Crippen molar-refractivity contribution in [2.24, 2.45) is 11.8 Å². The second-order valence-corrected chi connectivity index (χ2v) is 8.14. The lowest BCUT2D eigenvalue weighted by Gasteiger charge is -2.50. The fourth-order valence-electron chi connectivity index (χ4n) is 3.65. The van der Waals surface area contributed by atoms with Crippen LogP contribution >= 0.6 is 11.3 Å². The van der Waals surface area contributed by atoms with Gasteiger partial charge in [0.15, 0.2) is 0 Å². The Hall–Kier alpha value is -0.940. The van der Waals surface area contributed by atoms with E-state index in [2.05, 4.69) is 25.8 Å². The van der Waals surface area contributed by atoms with Crippen LogP contribution in [0.5, 0.6) is 0 Å². The molecule has 2 fully saturated rings. The Labute approximate surface area is 136 Å². The molecule has 122 valence electrons. The summed E-state index contributed by atoms with van der Waals surface area (Å²) < 4.78 is 0. The summed E-state index contributed by atoms with van der Waals surface area (Å²) in [4.78, 5) is 19.0. The lowest BCUT2D eigenvalue weighted by Crippen LogP contribution is -2.57. The number of amides is 1. The van der Waals surface area contributed by atoms with Gasteiger partial charge in [-0.1, -0.05) is 27.2 Å². The van der Waals surface area contributed by atoms with Crippen molar-refractivity contribution in [3.05, 3.63) is 16.1 Å². The molecular formula is C17H26N2O2S. The number of hydrogen-bond acceptors (Lipinski definition) is 4. The molecule has 4 nitrogen and oxygen atoms in total. The van der Waals surface area contributed by atoms with Crippen LogP contribution in [0.3, 0.4) is 0 Å². The summed E-state index contributed by atoms with van der Waals surface area (Å²) >= 11 is 1.56. The quantitative estimate of drug-likeness (QED) is 0.929. The molecule has 0 aromatic carbocycles. The highest BCUT2D eigenvalue weighted by Gasteiger charge is 2.47. The second kappa shape index (κ2) is 5.93. The Morgan fingerprint density at radius 3 is 2.73 bits per heavy atom. The maximum absolute atomic E-state index is 12.6. The van der Waals surface area contributed by atoms with Gasteiger partial charge < -0.3 is 10.0 Å². The van der Waals surface area contributed by atoms with Gasteiger partial charge >= 0.3 is 0 Å². The third kappa shape index (κ3) is 2.69. The molecule has 5 heteroatoms. The number of rotatable bonds is 3. The van der Waals surface area contributed by atoms with Crippen molar-refractivity contribution in [1.82, 2.24) is 9.88 Å². The Morgan fingerprint density at radius 1 is 1.50 bits per heavy atom. The molecular weight excluding hydrogens is 296 g/mol. The molecule has 2 atom stereocenters. The van der Waals surface area contributed by atoms with Gasteiger partial charge in [-0.15, -0.1) is 11.3 Å². The summed E-state index contributed by atoms with van der Waals surface area (Å²) in [5.41, 5.74) is -0.00445. The number of carbonyl (C=O) groups excluding carboxylic acids is 1. The first kappa shape index (κ1) is 15.9. The lowest BCUT2D eigenvalue weighted by molar-refractivity contribution is -0.122. The monoisotopic (exact) mass is 322 g/mol. The summed E-state index contributed by atoms with van der Waals surface area (Å²) in [6, 6.07) is 0. The molecule has 2 aliphatic rings. The van der Waals surface area contributed by atoms with Crippen LogP contribution in [0.15, 0.2) is 5.38 Å². The van der Waals surface area contributed by atoms with Crippen LogP contribution in [0.1, 0.15) is 67.9 Å². The highest BCUT2D eigenvalue weighted by molar-refractivity contribution is 7.09. The van der Waals surface area contributed by atoms with Gasteiger partial charge in [0, 0.05) is 30.3 Å². The molecule has 0 bridgehead atoms. The number of nitrogens with zero attached hydrogens (tertiary/aromatic N) is 2. The first-order valence-corrected chi connectivity index (χ1v) is 9.27. The van der Waals surface area contributed by atoms with Gasteiger partial charge in [-0.2, -0.15) is 0 Å². The van der Waals surface area contributed by atoms with E-state index in [1.165, 1.54) is 6.42 Å². The normalized spacial score (nSPS) is 29.7. The average molecular weight is 322 g/mol. The molecule has 2 heterocycles. The Bertz CT molecular complexity index is 553. The second-order valence-electron chi connectivity index (χ2n) is 7.25. The van der Waals surface area contributed by atoms with E-state index >= 15 is 0 Å². The molecule has 1 saturated carbocycles. The smallest absolute Gasteiger partial charge is 0.273 e. The third-order valence-corrected chi connectivity index (χ3v) is 6.61. The Morgan fingerprint density at radius 2 is 2.23 bits per heavy atom.